The van der Waals surface area contributed by atoms with Gasteiger partial charge < -0.3 is 5.11 Å². The molecule has 1 aromatic carbocycles. The van der Waals surface area contributed by atoms with Crippen LogP contribution in [0.1, 0.15) is 49.8 Å². The number of rotatable bonds is 5. The molecule has 1 atom stereocenters. The van der Waals surface area contributed by atoms with E-state index in [0.717, 1.165) is 6.42 Å². The first-order chi connectivity index (χ1) is 7.90. The van der Waals surface area contributed by atoms with Gasteiger partial charge >= 0.3 is 5.97 Å². The first-order valence-electron chi connectivity index (χ1n) is 6.21. The summed E-state index contributed by atoms with van der Waals surface area (Å²) >= 11 is 0. The van der Waals surface area contributed by atoms with Crippen LogP contribution in [0.3, 0.4) is 0 Å². The van der Waals surface area contributed by atoms with Gasteiger partial charge in [-0.3, -0.25) is 4.79 Å². The van der Waals surface area contributed by atoms with E-state index < -0.39 is 5.97 Å². The van der Waals surface area contributed by atoms with Gasteiger partial charge in [0.2, 0.25) is 0 Å². The first kappa shape index (κ1) is 13.8. The van der Waals surface area contributed by atoms with Gasteiger partial charge in [0.15, 0.2) is 0 Å². The Bertz CT molecular complexity index is 394. The van der Waals surface area contributed by atoms with Gasteiger partial charge in [-0.1, -0.05) is 39.0 Å². The quantitative estimate of drug-likeness (QED) is 0.842. The van der Waals surface area contributed by atoms with E-state index in [2.05, 4.69) is 39.0 Å². The third-order valence-electron chi connectivity index (χ3n) is 3.13. The Morgan fingerprint density at radius 3 is 2.47 bits per heavy atom. The van der Waals surface area contributed by atoms with Crippen molar-refractivity contribution in [2.75, 3.05) is 0 Å². The maximum Gasteiger partial charge on any atom is 0.303 e. The van der Waals surface area contributed by atoms with Crippen LogP contribution >= 0.6 is 0 Å². The van der Waals surface area contributed by atoms with E-state index in [1.165, 1.54) is 16.7 Å². The second-order valence-electron chi connectivity index (χ2n) is 5.25. The number of hydrogen-bond acceptors (Lipinski definition) is 1. The Hall–Kier alpha value is -1.31. The number of carboxylic acid groups (broad SMARTS) is 1. The molecule has 0 amide bonds. The van der Waals surface area contributed by atoms with E-state index in [9.17, 15) is 4.79 Å². The zero-order valence-corrected chi connectivity index (χ0v) is 11.2. The second kappa shape index (κ2) is 5.85. The number of hydrogen-bond donors (Lipinski definition) is 1. The van der Waals surface area contributed by atoms with Gasteiger partial charge in [0.25, 0.3) is 0 Å². The second-order valence-corrected chi connectivity index (χ2v) is 5.25. The molecule has 0 radical (unpaired) electrons. The topological polar surface area (TPSA) is 37.3 Å². The molecule has 0 heterocycles. The number of carboxylic acids is 1. The van der Waals surface area contributed by atoms with Crippen LogP contribution < -0.4 is 0 Å². The number of aryl methyl sites for hydroxylation is 1. The number of aliphatic carboxylic acids is 1. The van der Waals surface area contributed by atoms with Gasteiger partial charge in [-0.25, -0.2) is 0 Å². The van der Waals surface area contributed by atoms with Crippen LogP contribution in [0.15, 0.2) is 18.2 Å². The van der Waals surface area contributed by atoms with E-state index >= 15 is 0 Å². The summed E-state index contributed by atoms with van der Waals surface area (Å²) in [7, 11) is 0. The Kier molecular flexibility index (Phi) is 4.73. The third kappa shape index (κ3) is 4.22. The summed E-state index contributed by atoms with van der Waals surface area (Å²) in [5.41, 5.74) is 3.87. The fourth-order valence-corrected chi connectivity index (χ4v) is 2.02. The normalized spacial score (nSPS) is 12.8. The van der Waals surface area contributed by atoms with Crippen molar-refractivity contribution in [2.24, 2.45) is 5.92 Å². The van der Waals surface area contributed by atoms with Crippen molar-refractivity contribution in [1.29, 1.82) is 0 Å². The number of benzene rings is 1. The van der Waals surface area contributed by atoms with E-state index in [-0.39, 0.29) is 12.3 Å². The lowest BCUT2D eigenvalue weighted by Gasteiger charge is -2.14. The first-order valence-corrected chi connectivity index (χ1v) is 6.21. The zero-order chi connectivity index (χ0) is 13.0. The Morgan fingerprint density at radius 2 is 1.94 bits per heavy atom. The summed E-state index contributed by atoms with van der Waals surface area (Å²) in [6.07, 6.45) is 1.09. The molecule has 0 fully saturated rings. The Balaban J connectivity index is 2.82. The van der Waals surface area contributed by atoms with Crippen molar-refractivity contribution in [3.05, 3.63) is 34.9 Å². The summed E-state index contributed by atoms with van der Waals surface area (Å²) in [6.45, 7) is 8.44. The molecule has 0 aliphatic rings. The largest absolute Gasteiger partial charge is 0.481 e. The highest BCUT2D eigenvalue weighted by atomic mass is 16.4. The van der Waals surface area contributed by atoms with E-state index in [0.29, 0.717) is 5.92 Å². The summed E-state index contributed by atoms with van der Waals surface area (Å²) in [6, 6.07) is 6.52. The van der Waals surface area contributed by atoms with Crippen molar-refractivity contribution >= 4 is 5.97 Å². The van der Waals surface area contributed by atoms with Gasteiger partial charge in [0, 0.05) is 6.42 Å². The molecule has 17 heavy (non-hydrogen) atoms. The summed E-state index contributed by atoms with van der Waals surface area (Å²) in [5.74, 6) is -0.00657. The standard InChI is InChI=1S/C15H22O2/c1-10(2)13-6-5-12(4)14(9-13)7-11(3)8-15(16)17/h5-6,9-11H,7-8H2,1-4H3,(H,16,17). The molecule has 1 N–H and O–H groups in total. The van der Waals surface area contributed by atoms with Crippen LogP contribution in [-0.4, -0.2) is 11.1 Å². The lowest BCUT2D eigenvalue weighted by Crippen LogP contribution is -2.08. The summed E-state index contributed by atoms with van der Waals surface area (Å²) < 4.78 is 0. The van der Waals surface area contributed by atoms with Gasteiger partial charge in [-0.05, 0) is 41.9 Å². The highest BCUT2D eigenvalue weighted by molar-refractivity contribution is 5.67. The van der Waals surface area contributed by atoms with Crippen LogP contribution in [-0.2, 0) is 11.2 Å². The lowest BCUT2D eigenvalue weighted by atomic mass is 9.91. The molecule has 0 aliphatic heterocycles. The molecule has 0 saturated carbocycles. The lowest BCUT2D eigenvalue weighted by molar-refractivity contribution is -0.137. The molecule has 0 spiro atoms. The van der Waals surface area contributed by atoms with Crippen LogP contribution in [0.4, 0.5) is 0 Å². The van der Waals surface area contributed by atoms with Gasteiger partial charge in [0.05, 0.1) is 0 Å². The minimum Gasteiger partial charge on any atom is -0.481 e. The molecule has 1 aromatic rings. The van der Waals surface area contributed by atoms with Crippen LogP contribution in [0.25, 0.3) is 0 Å². The molecular formula is C15H22O2. The number of carbonyl (C=O) groups is 1. The average molecular weight is 234 g/mol. The molecule has 0 aromatic heterocycles. The van der Waals surface area contributed by atoms with Gasteiger partial charge in [0.1, 0.15) is 0 Å². The fraction of sp³-hybridized carbons (Fsp3) is 0.533. The molecular weight excluding hydrogens is 212 g/mol. The smallest absolute Gasteiger partial charge is 0.303 e. The predicted molar refractivity (Wildman–Crippen MR) is 70.4 cm³/mol. The van der Waals surface area contributed by atoms with Crippen molar-refractivity contribution < 1.29 is 9.90 Å². The third-order valence-corrected chi connectivity index (χ3v) is 3.13. The van der Waals surface area contributed by atoms with Crippen molar-refractivity contribution in [3.8, 4) is 0 Å². The van der Waals surface area contributed by atoms with E-state index in [4.69, 9.17) is 5.11 Å². The average Bonchev–Trinajstić information content (AvgIpc) is 2.19. The molecule has 2 nitrogen and oxygen atoms in total. The van der Waals surface area contributed by atoms with Crippen LogP contribution in [0.5, 0.6) is 0 Å². The van der Waals surface area contributed by atoms with Crippen molar-refractivity contribution in [3.63, 3.8) is 0 Å². The highest BCUT2D eigenvalue weighted by Crippen LogP contribution is 2.21. The highest BCUT2D eigenvalue weighted by Gasteiger charge is 2.11. The van der Waals surface area contributed by atoms with E-state index in [1.54, 1.807) is 0 Å². The maximum absolute atomic E-state index is 10.7. The minimum absolute atomic E-state index is 0.189. The molecule has 1 unspecified atom stereocenters. The zero-order valence-electron chi connectivity index (χ0n) is 11.2. The Labute approximate surface area is 104 Å². The minimum atomic E-state index is -0.713. The van der Waals surface area contributed by atoms with E-state index in [1.807, 2.05) is 6.92 Å². The SMILES string of the molecule is Cc1ccc(C(C)C)cc1CC(C)CC(=O)O. The van der Waals surface area contributed by atoms with Crippen molar-refractivity contribution in [2.45, 2.75) is 46.5 Å². The molecule has 1 rings (SSSR count). The molecule has 0 saturated heterocycles. The maximum atomic E-state index is 10.7. The molecule has 2 heteroatoms. The molecule has 0 aliphatic carbocycles. The summed E-state index contributed by atoms with van der Waals surface area (Å²) in [4.78, 5) is 10.7. The van der Waals surface area contributed by atoms with Gasteiger partial charge in [-0.15, -0.1) is 0 Å². The Morgan fingerprint density at radius 1 is 1.29 bits per heavy atom. The van der Waals surface area contributed by atoms with Crippen LogP contribution in [0.2, 0.25) is 0 Å². The van der Waals surface area contributed by atoms with Crippen molar-refractivity contribution in [1.82, 2.24) is 0 Å². The van der Waals surface area contributed by atoms with Crippen LogP contribution in [0, 0.1) is 12.8 Å². The fourth-order valence-electron chi connectivity index (χ4n) is 2.02. The molecule has 0 bridgehead atoms. The van der Waals surface area contributed by atoms with Gasteiger partial charge in [-0.2, -0.15) is 0 Å². The molecule has 94 valence electrons. The summed E-state index contributed by atoms with van der Waals surface area (Å²) in [5, 5.41) is 8.77. The monoisotopic (exact) mass is 234 g/mol. The predicted octanol–water partition coefficient (Wildman–Crippen LogP) is 3.77.